The van der Waals surface area contributed by atoms with Crippen molar-refractivity contribution < 1.29 is 4.74 Å². The molecule has 1 saturated heterocycles. The highest BCUT2D eigenvalue weighted by Gasteiger charge is 2.11. The quantitative estimate of drug-likeness (QED) is 0.173. The number of nitrogens with one attached hydrogen (secondary N) is 3. The maximum atomic E-state index is 8.50. The molecule has 0 unspecified atom stereocenters. The predicted molar refractivity (Wildman–Crippen MR) is 148 cm³/mol. The lowest BCUT2D eigenvalue weighted by Crippen LogP contribution is -2.37. The van der Waals surface area contributed by atoms with E-state index < -0.39 is 0 Å². The molecule has 2 aromatic rings. The van der Waals surface area contributed by atoms with Gasteiger partial charge in [0.2, 0.25) is 0 Å². The smallest absolute Gasteiger partial charge is 0.132 e. The van der Waals surface area contributed by atoms with Gasteiger partial charge in [-0.05, 0) is 61.4 Å². The molecular formula is C27H40N8O. The van der Waals surface area contributed by atoms with E-state index in [4.69, 9.17) is 26.6 Å². The molecule has 2 aromatic heterocycles. The predicted octanol–water partition coefficient (Wildman–Crippen LogP) is 3.42. The Morgan fingerprint density at radius 3 is 2.72 bits per heavy atom. The number of morpholine rings is 1. The van der Waals surface area contributed by atoms with Gasteiger partial charge >= 0.3 is 0 Å². The number of pyridine rings is 2. The second-order valence-corrected chi connectivity index (χ2v) is 9.16. The monoisotopic (exact) mass is 492 g/mol. The fraction of sp³-hybridized carbons (Fsp3) is 0.444. The first kappa shape index (κ1) is 27.2. The van der Waals surface area contributed by atoms with Crippen LogP contribution in [0.15, 0.2) is 54.3 Å². The average molecular weight is 493 g/mol. The van der Waals surface area contributed by atoms with E-state index in [0.29, 0.717) is 23.8 Å². The van der Waals surface area contributed by atoms with Crippen LogP contribution in [0.5, 0.6) is 0 Å². The van der Waals surface area contributed by atoms with Crippen molar-refractivity contribution in [3.05, 3.63) is 59.8 Å². The van der Waals surface area contributed by atoms with E-state index in [1.165, 1.54) is 0 Å². The SMILES string of the molecule is CCC(=N)/C(=C\NCCCN1CCOCC1)c1cnc2ccc(N/C(N)=C/C(=C\N)C(C)C)nc2c1. The Kier molecular flexibility index (Phi) is 10.3. The molecule has 0 bridgehead atoms. The molecule has 1 aliphatic rings. The van der Waals surface area contributed by atoms with E-state index >= 15 is 0 Å². The number of nitrogens with zero attached hydrogens (tertiary/aromatic N) is 3. The zero-order valence-electron chi connectivity index (χ0n) is 21.7. The lowest BCUT2D eigenvalue weighted by atomic mass is 10.0. The Balaban J connectivity index is 1.73. The van der Waals surface area contributed by atoms with Crippen LogP contribution in [0.4, 0.5) is 5.82 Å². The van der Waals surface area contributed by atoms with Gasteiger partial charge in [0.15, 0.2) is 0 Å². The van der Waals surface area contributed by atoms with Crippen LogP contribution in [-0.2, 0) is 4.74 Å². The molecule has 0 aromatic carbocycles. The minimum atomic E-state index is 0.263. The molecule has 9 heteroatoms. The van der Waals surface area contributed by atoms with Gasteiger partial charge in [0.25, 0.3) is 0 Å². The molecule has 3 heterocycles. The average Bonchev–Trinajstić information content (AvgIpc) is 2.89. The minimum absolute atomic E-state index is 0.263. The molecule has 9 nitrogen and oxygen atoms in total. The van der Waals surface area contributed by atoms with Gasteiger partial charge in [0.1, 0.15) is 11.6 Å². The molecule has 0 saturated carbocycles. The summed E-state index contributed by atoms with van der Waals surface area (Å²) in [6.45, 7) is 11.6. The van der Waals surface area contributed by atoms with Crippen LogP contribution in [0.1, 0.15) is 39.2 Å². The Bertz CT molecular complexity index is 1120. The molecule has 1 aliphatic heterocycles. The summed E-state index contributed by atoms with van der Waals surface area (Å²) in [5.74, 6) is 1.34. The van der Waals surface area contributed by atoms with E-state index in [9.17, 15) is 0 Å². The molecule has 0 aliphatic carbocycles. The second-order valence-electron chi connectivity index (χ2n) is 9.16. The van der Waals surface area contributed by atoms with Crippen LogP contribution < -0.4 is 22.1 Å². The van der Waals surface area contributed by atoms with Crippen LogP contribution in [-0.4, -0.2) is 60.0 Å². The molecule has 1 fully saturated rings. The zero-order valence-corrected chi connectivity index (χ0v) is 21.7. The summed E-state index contributed by atoms with van der Waals surface area (Å²) in [7, 11) is 0. The van der Waals surface area contributed by atoms with E-state index in [0.717, 1.165) is 73.6 Å². The van der Waals surface area contributed by atoms with Crippen molar-refractivity contribution in [2.45, 2.75) is 33.6 Å². The van der Waals surface area contributed by atoms with Crippen LogP contribution in [0.2, 0.25) is 0 Å². The minimum Gasteiger partial charge on any atom is -0.404 e. The number of hydrogen-bond acceptors (Lipinski definition) is 9. The largest absolute Gasteiger partial charge is 0.404 e. The molecule has 0 radical (unpaired) electrons. The van der Waals surface area contributed by atoms with Gasteiger partial charge in [-0.3, -0.25) is 9.88 Å². The van der Waals surface area contributed by atoms with E-state index in [-0.39, 0.29) is 5.92 Å². The van der Waals surface area contributed by atoms with Gasteiger partial charge in [-0.2, -0.15) is 0 Å². The van der Waals surface area contributed by atoms with E-state index in [1.807, 2.05) is 37.4 Å². The van der Waals surface area contributed by atoms with Gasteiger partial charge < -0.3 is 32.2 Å². The molecule has 194 valence electrons. The van der Waals surface area contributed by atoms with Crippen molar-refractivity contribution in [2.24, 2.45) is 17.4 Å². The number of ether oxygens (including phenoxy) is 1. The van der Waals surface area contributed by atoms with Gasteiger partial charge in [-0.15, -0.1) is 0 Å². The third kappa shape index (κ3) is 7.79. The lowest BCUT2D eigenvalue weighted by molar-refractivity contribution is 0.0375. The van der Waals surface area contributed by atoms with Crippen LogP contribution >= 0.6 is 0 Å². The standard InChI is InChI=1S/C27H40N8O/c1-4-23(29)22(18-31-8-5-9-35-10-12-36-13-11-35)21-14-25-24(32-17-21)6-7-27(33-25)34-26(30)15-20(16-28)19(2)3/h6-7,14-19,29,31H,4-5,8-13,28,30H2,1-3H3,(H,33,34)/b20-16+,22-18-,26-15+,29-23?. The van der Waals surface area contributed by atoms with Crippen molar-refractivity contribution in [3.8, 4) is 0 Å². The van der Waals surface area contributed by atoms with Crippen molar-refractivity contribution in [3.63, 3.8) is 0 Å². The normalized spacial score (nSPS) is 15.9. The molecule has 0 atom stereocenters. The number of fused-ring (bicyclic) bond motifs is 1. The number of nitrogens with two attached hydrogens (primary N) is 2. The lowest BCUT2D eigenvalue weighted by Gasteiger charge is -2.26. The molecule has 36 heavy (non-hydrogen) atoms. The van der Waals surface area contributed by atoms with Crippen molar-refractivity contribution in [2.75, 3.05) is 44.7 Å². The fourth-order valence-electron chi connectivity index (χ4n) is 3.93. The molecule has 3 rings (SSSR count). The number of rotatable bonds is 12. The number of anilines is 1. The maximum absolute atomic E-state index is 8.50. The van der Waals surface area contributed by atoms with Gasteiger partial charge in [0, 0.05) is 48.9 Å². The molecule has 0 amide bonds. The Hall–Kier alpha value is -3.43. The summed E-state index contributed by atoms with van der Waals surface area (Å²) < 4.78 is 5.41. The molecular weight excluding hydrogens is 452 g/mol. The van der Waals surface area contributed by atoms with E-state index in [2.05, 4.69) is 34.4 Å². The highest BCUT2D eigenvalue weighted by Crippen LogP contribution is 2.22. The first-order valence-electron chi connectivity index (χ1n) is 12.7. The Labute approximate surface area is 214 Å². The third-order valence-corrected chi connectivity index (χ3v) is 6.13. The summed E-state index contributed by atoms with van der Waals surface area (Å²) in [6.07, 6.45) is 8.78. The van der Waals surface area contributed by atoms with Gasteiger partial charge in [0.05, 0.1) is 24.2 Å². The molecule has 7 N–H and O–H groups in total. The van der Waals surface area contributed by atoms with Gasteiger partial charge in [-0.25, -0.2) is 4.98 Å². The molecule has 0 spiro atoms. The van der Waals surface area contributed by atoms with Crippen molar-refractivity contribution in [1.29, 1.82) is 5.41 Å². The summed E-state index contributed by atoms with van der Waals surface area (Å²) in [5, 5.41) is 15.0. The van der Waals surface area contributed by atoms with E-state index in [1.54, 1.807) is 12.4 Å². The van der Waals surface area contributed by atoms with Crippen LogP contribution in [0, 0.1) is 11.3 Å². The van der Waals surface area contributed by atoms with Crippen molar-refractivity contribution in [1.82, 2.24) is 20.2 Å². The second kappa shape index (κ2) is 13.6. The number of hydrogen-bond donors (Lipinski definition) is 5. The summed E-state index contributed by atoms with van der Waals surface area (Å²) in [5.41, 5.74) is 16.6. The Morgan fingerprint density at radius 2 is 2.03 bits per heavy atom. The van der Waals surface area contributed by atoms with Crippen molar-refractivity contribution >= 4 is 28.1 Å². The number of aromatic nitrogens is 2. The third-order valence-electron chi connectivity index (χ3n) is 6.13. The highest BCUT2D eigenvalue weighted by atomic mass is 16.5. The summed E-state index contributed by atoms with van der Waals surface area (Å²) in [6, 6.07) is 5.72. The van der Waals surface area contributed by atoms with Gasteiger partial charge in [-0.1, -0.05) is 20.8 Å². The maximum Gasteiger partial charge on any atom is 0.132 e. The number of allylic oxidation sites excluding steroid dienone is 3. The summed E-state index contributed by atoms with van der Waals surface area (Å²) >= 11 is 0. The first-order valence-corrected chi connectivity index (χ1v) is 12.7. The zero-order chi connectivity index (χ0) is 25.9. The Morgan fingerprint density at radius 1 is 1.25 bits per heavy atom. The fourth-order valence-corrected chi connectivity index (χ4v) is 3.93. The van der Waals surface area contributed by atoms with Crippen LogP contribution in [0.3, 0.4) is 0 Å². The first-order chi connectivity index (χ1) is 17.4. The summed E-state index contributed by atoms with van der Waals surface area (Å²) in [4.78, 5) is 11.7. The van der Waals surface area contributed by atoms with Crippen LogP contribution in [0.25, 0.3) is 16.6 Å². The highest BCUT2D eigenvalue weighted by molar-refractivity contribution is 6.22. The topological polar surface area (TPSA) is 138 Å².